The van der Waals surface area contributed by atoms with Crippen molar-refractivity contribution < 1.29 is 50.0 Å². The molecule has 5 fully saturated rings. The Balaban J connectivity index is 1.39. The molecule has 6 rings (SSSR count). The number of hydrogen-bond acceptors (Lipinski definition) is 10. The molecule has 0 bridgehead atoms. The lowest BCUT2D eigenvalue weighted by Gasteiger charge is -2.71. The number of hydrogen-bond donors (Lipinski definition) is 7. The SMILES string of the molecule is C[C@@]1(CO)CC[C@]2(C(=O)O[C@H]3OC[C@H](O)[C@H](O)[C@H]3O)CC[C@]3(CO)C(=CC[C@@H]4[C@@]5(C)CC[C@H](O)[C@@](C)(CO)[C@@H]5CC[C@]43C)[C@@H]2C1. The smallest absolute Gasteiger partial charge is 0.315 e. The van der Waals surface area contributed by atoms with E-state index < -0.39 is 58.3 Å². The third-order valence-electron chi connectivity index (χ3n) is 15.0. The van der Waals surface area contributed by atoms with Crippen molar-refractivity contribution in [3.8, 4) is 0 Å². The van der Waals surface area contributed by atoms with Gasteiger partial charge in [-0.05, 0) is 98.2 Å². The maximum absolute atomic E-state index is 14.3. The van der Waals surface area contributed by atoms with Gasteiger partial charge in [0.2, 0.25) is 6.29 Å². The zero-order chi connectivity index (χ0) is 32.8. The minimum Gasteiger partial charge on any atom is -0.432 e. The van der Waals surface area contributed by atoms with Crippen LogP contribution in [0, 0.1) is 50.2 Å². The normalized spacial score (nSPS) is 54.5. The average Bonchev–Trinajstić information content (AvgIpc) is 3.02. The van der Waals surface area contributed by atoms with E-state index in [0.717, 1.165) is 31.3 Å². The third kappa shape index (κ3) is 4.52. The first kappa shape index (κ1) is 33.8. The molecular formula is C35H56O10. The van der Waals surface area contributed by atoms with Gasteiger partial charge in [0.25, 0.3) is 0 Å². The summed E-state index contributed by atoms with van der Waals surface area (Å²) in [5.74, 6) is -0.449. The number of carbonyl (C=O) groups is 1. The number of carbonyl (C=O) groups excluding carboxylic acids is 1. The molecular weight excluding hydrogens is 580 g/mol. The highest BCUT2D eigenvalue weighted by atomic mass is 16.7. The Morgan fingerprint density at radius 1 is 0.867 bits per heavy atom. The molecule has 0 spiro atoms. The highest BCUT2D eigenvalue weighted by Gasteiger charge is 2.71. The second kappa shape index (κ2) is 11.2. The fraction of sp³-hybridized carbons (Fsp3) is 0.914. The Morgan fingerprint density at radius 3 is 2.24 bits per heavy atom. The monoisotopic (exact) mass is 636 g/mol. The molecule has 1 aliphatic heterocycles. The predicted octanol–water partition coefficient (Wildman–Crippen LogP) is 2.05. The summed E-state index contributed by atoms with van der Waals surface area (Å²) in [4.78, 5) is 14.3. The molecule has 0 amide bonds. The molecule has 6 aliphatic rings. The largest absolute Gasteiger partial charge is 0.432 e. The van der Waals surface area contributed by atoms with Crippen LogP contribution in [0.5, 0.6) is 0 Å². The first-order valence-electron chi connectivity index (χ1n) is 17.2. The van der Waals surface area contributed by atoms with E-state index in [2.05, 4.69) is 19.9 Å². The van der Waals surface area contributed by atoms with Gasteiger partial charge in [-0.25, -0.2) is 0 Å². The quantitative estimate of drug-likeness (QED) is 0.175. The van der Waals surface area contributed by atoms with Crippen LogP contribution in [0.1, 0.15) is 91.9 Å². The summed E-state index contributed by atoms with van der Waals surface area (Å²) in [6, 6.07) is 0. The summed E-state index contributed by atoms with van der Waals surface area (Å²) in [7, 11) is 0. The Kier molecular flexibility index (Phi) is 8.42. The van der Waals surface area contributed by atoms with E-state index in [1.54, 1.807) is 0 Å². The standard InChI is InChI=1S/C35H56O10/c1-30(17-36)11-12-34(29(43)45-28-27(42)26(41)22(39)16-44-28)13-14-35(19-38)20(21(34)15-30)5-6-24-31(2)9-8-25(40)32(3,18-37)23(31)7-10-33(24,35)4/h5,21-28,36-42H,6-19H2,1-4H3/t21-,22-,23+,24+,25-,26-,27+,28+,30+,31-,32-,33+,34-,35-/m0/s1. The maximum Gasteiger partial charge on any atom is 0.315 e. The molecule has 0 aromatic rings. The summed E-state index contributed by atoms with van der Waals surface area (Å²) < 4.78 is 11.3. The van der Waals surface area contributed by atoms with Crippen LogP contribution in [0.4, 0.5) is 0 Å². The number of allylic oxidation sites excluding steroid dienone is 1. The van der Waals surface area contributed by atoms with Gasteiger partial charge in [-0.1, -0.05) is 39.3 Å². The second-order valence-corrected chi connectivity index (χ2v) is 17.0. The zero-order valence-electron chi connectivity index (χ0n) is 27.5. The molecule has 0 radical (unpaired) electrons. The van der Waals surface area contributed by atoms with Crippen molar-refractivity contribution in [1.82, 2.24) is 0 Å². The van der Waals surface area contributed by atoms with Gasteiger partial charge < -0.3 is 45.2 Å². The second-order valence-electron chi connectivity index (χ2n) is 17.0. The highest BCUT2D eigenvalue weighted by Crippen LogP contribution is 2.75. The number of fused-ring (bicyclic) bond motifs is 7. The van der Waals surface area contributed by atoms with Gasteiger partial charge in [0.1, 0.15) is 18.3 Å². The lowest BCUT2D eigenvalue weighted by molar-refractivity contribution is -0.271. The summed E-state index contributed by atoms with van der Waals surface area (Å²) in [5, 5.41) is 74.3. The summed E-state index contributed by atoms with van der Waals surface area (Å²) in [6.45, 7) is 8.32. The minimum absolute atomic E-state index is 0.0235. The van der Waals surface area contributed by atoms with Gasteiger partial charge >= 0.3 is 5.97 Å². The molecule has 4 saturated carbocycles. The van der Waals surface area contributed by atoms with Crippen molar-refractivity contribution >= 4 is 5.97 Å². The highest BCUT2D eigenvalue weighted by molar-refractivity contribution is 5.79. The van der Waals surface area contributed by atoms with Crippen LogP contribution in [0.2, 0.25) is 0 Å². The van der Waals surface area contributed by atoms with Crippen molar-refractivity contribution in [1.29, 1.82) is 0 Å². The summed E-state index contributed by atoms with van der Waals surface area (Å²) >= 11 is 0. The van der Waals surface area contributed by atoms with Crippen molar-refractivity contribution in [3.63, 3.8) is 0 Å². The van der Waals surface area contributed by atoms with Crippen LogP contribution >= 0.6 is 0 Å². The van der Waals surface area contributed by atoms with Crippen LogP contribution in [-0.2, 0) is 14.3 Å². The van der Waals surface area contributed by atoms with Gasteiger partial charge in [0, 0.05) is 17.4 Å². The third-order valence-corrected chi connectivity index (χ3v) is 15.0. The number of rotatable bonds is 5. The molecule has 10 nitrogen and oxygen atoms in total. The van der Waals surface area contributed by atoms with Gasteiger partial charge in [0.15, 0.2) is 0 Å². The van der Waals surface area contributed by atoms with Gasteiger partial charge in [-0.3, -0.25) is 4.79 Å². The van der Waals surface area contributed by atoms with Crippen LogP contribution in [0.3, 0.4) is 0 Å². The van der Waals surface area contributed by atoms with Crippen LogP contribution < -0.4 is 0 Å². The molecule has 1 heterocycles. The maximum atomic E-state index is 14.3. The Labute approximate surface area is 266 Å². The first-order valence-corrected chi connectivity index (χ1v) is 17.2. The topological polar surface area (TPSA) is 177 Å². The number of ether oxygens (including phenoxy) is 2. The summed E-state index contributed by atoms with van der Waals surface area (Å²) in [6.07, 6.45) is 2.60. The molecule has 0 aromatic heterocycles. The Bertz CT molecular complexity index is 1190. The number of aliphatic hydroxyl groups excluding tert-OH is 7. The van der Waals surface area contributed by atoms with E-state index >= 15 is 0 Å². The van der Waals surface area contributed by atoms with Gasteiger partial charge in [-0.15, -0.1) is 0 Å². The van der Waals surface area contributed by atoms with Crippen LogP contribution in [-0.4, -0.2) is 98.8 Å². The molecule has 45 heavy (non-hydrogen) atoms. The van der Waals surface area contributed by atoms with Crippen LogP contribution in [0.25, 0.3) is 0 Å². The van der Waals surface area contributed by atoms with E-state index in [1.807, 2.05) is 13.8 Å². The molecule has 5 aliphatic carbocycles. The van der Waals surface area contributed by atoms with E-state index in [4.69, 9.17) is 9.47 Å². The van der Waals surface area contributed by atoms with Crippen molar-refractivity contribution in [2.75, 3.05) is 26.4 Å². The molecule has 1 saturated heterocycles. The molecule has 0 aromatic carbocycles. The number of esters is 1. The molecule has 256 valence electrons. The molecule has 10 heteroatoms. The Morgan fingerprint density at radius 2 is 1.58 bits per heavy atom. The number of aliphatic hydroxyl groups is 7. The van der Waals surface area contributed by atoms with E-state index in [9.17, 15) is 40.5 Å². The fourth-order valence-electron chi connectivity index (χ4n) is 11.9. The predicted molar refractivity (Wildman–Crippen MR) is 163 cm³/mol. The average molecular weight is 637 g/mol. The fourth-order valence-corrected chi connectivity index (χ4v) is 11.9. The molecule has 14 atom stereocenters. The van der Waals surface area contributed by atoms with Gasteiger partial charge in [-0.2, -0.15) is 0 Å². The lowest BCUT2D eigenvalue weighted by atomic mass is 9.33. The molecule has 7 N–H and O–H groups in total. The van der Waals surface area contributed by atoms with E-state index in [0.29, 0.717) is 38.5 Å². The van der Waals surface area contributed by atoms with E-state index in [1.165, 1.54) is 0 Å². The molecule has 0 unspecified atom stereocenters. The van der Waals surface area contributed by atoms with Crippen molar-refractivity contribution in [3.05, 3.63) is 11.6 Å². The lowest BCUT2D eigenvalue weighted by Crippen LogP contribution is -2.67. The Hall–Kier alpha value is -1.11. The first-order chi connectivity index (χ1) is 21.1. The zero-order valence-corrected chi connectivity index (χ0v) is 27.5. The van der Waals surface area contributed by atoms with Crippen molar-refractivity contribution in [2.24, 2.45) is 50.2 Å². The van der Waals surface area contributed by atoms with Gasteiger partial charge in [0.05, 0.1) is 31.3 Å². The van der Waals surface area contributed by atoms with Crippen molar-refractivity contribution in [2.45, 2.75) is 123 Å². The van der Waals surface area contributed by atoms with E-state index in [-0.39, 0.29) is 55.0 Å². The minimum atomic E-state index is -1.58. The summed E-state index contributed by atoms with van der Waals surface area (Å²) in [5.41, 5.74) is -1.89. The van der Waals surface area contributed by atoms with Crippen LogP contribution in [0.15, 0.2) is 11.6 Å².